The first kappa shape index (κ1) is 13.8. The zero-order chi connectivity index (χ0) is 13.7. The van der Waals surface area contributed by atoms with Crippen LogP contribution in [-0.4, -0.2) is 23.1 Å². The molecule has 2 rings (SSSR count). The van der Waals surface area contributed by atoms with Crippen molar-refractivity contribution in [2.24, 2.45) is 0 Å². The van der Waals surface area contributed by atoms with Crippen LogP contribution in [0.4, 0.5) is 0 Å². The van der Waals surface area contributed by atoms with Crippen LogP contribution < -0.4 is 10.1 Å². The van der Waals surface area contributed by atoms with Gasteiger partial charge in [-0.25, -0.2) is 9.97 Å². The maximum atomic E-state index is 5.94. The molecule has 1 aromatic heterocycles. The van der Waals surface area contributed by atoms with Gasteiger partial charge in [0.05, 0.1) is 6.04 Å². The topological polar surface area (TPSA) is 47.0 Å². The summed E-state index contributed by atoms with van der Waals surface area (Å²) in [6.07, 6.45) is 5.01. The molecule has 0 aliphatic rings. The first-order valence-corrected chi connectivity index (χ1v) is 6.43. The lowest BCUT2D eigenvalue weighted by molar-refractivity contribution is 0.175. The van der Waals surface area contributed by atoms with Crippen LogP contribution in [0.3, 0.4) is 0 Å². The van der Waals surface area contributed by atoms with Gasteiger partial charge in [0.25, 0.3) is 0 Å². The number of rotatable bonds is 5. The number of aromatic nitrogens is 2. The number of halogens is 1. The van der Waals surface area contributed by atoms with Gasteiger partial charge in [0.2, 0.25) is 0 Å². The van der Waals surface area contributed by atoms with Crippen molar-refractivity contribution in [1.29, 1.82) is 0 Å². The van der Waals surface area contributed by atoms with Crippen LogP contribution in [0.2, 0.25) is 5.02 Å². The van der Waals surface area contributed by atoms with Gasteiger partial charge in [-0.1, -0.05) is 17.7 Å². The molecule has 0 radical (unpaired) electrons. The third-order valence-electron chi connectivity index (χ3n) is 2.84. The van der Waals surface area contributed by atoms with E-state index >= 15 is 0 Å². The molecule has 1 aromatic carbocycles. The fourth-order valence-electron chi connectivity index (χ4n) is 1.97. The van der Waals surface area contributed by atoms with Crippen molar-refractivity contribution in [2.45, 2.75) is 19.1 Å². The second-order valence-corrected chi connectivity index (χ2v) is 4.65. The van der Waals surface area contributed by atoms with Gasteiger partial charge in [0.1, 0.15) is 18.2 Å². The van der Waals surface area contributed by atoms with Crippen LogP contribution in [-0.2, 0) is 0 Å². The molecule has 2 atom stereocenters. The van der Waals surface area contributed by atoms with Gasteiger partial charge in [-0.15, -0.1) is 0 Å². The van der Waals surface area contributed by atoms with Gasteiger partial charge >= 0.3 is 0 Å². The van der Waals surface area contributed by atoms with Crippen molar-refractivity contribution in [2.75, 3.05) is 7.05 Å². The Morgan fingerprint density at radius 2 is 2.00 bits per heavy atom. The molecule has 0 amide bonds. The summed E-state index contributed by atoms with van der Waals surface area (Å²) in [5.41, 5.74) is 0.986. The van der Waals surface area contributed by atoms with Gasteiger partial charge in [-0.2, -0.15) is 0 Å². The molecular weight excluding hydrogens is 262 g/mol. The maximum Gasteiger partial charge on any atom is 0.121 e. The summed E-state index contributed by atoms with van der Waals surface area (Å²) in [6, 6.07) is 7.38. The van der Waals surface area contributed by atoms with E-state index in [1.807, 2.05) is 32.2 Å². The van der Waals surface area contributed by atoms with Gasteiger partial charge in [0, 0.05) is 23.0 Å². The fraction of sp³-hybridized carbons (Fsp3) is 0.286. The molecule has 1 heterocycles. The van der Waals surface area contributed by atoms with Crippen LogP contribution in [0, 0.1) is 0 Å². The molecule has 4 nitrogen and oxygen atoms in total. The molecular formula is C14H16ClN3O. The average Bonchev–Trinajstić information content (AvgIpc) is 2.41. The number of hydrogen-bond acceptors (Lipinski definition) is 4. The predicted molar refractivity (Wildman–Crippen MR) is 75.4 cm³/mol. The molecule has 0 saturated carbocycles. The van der Waals surface area contributed by atoms with E-state index in [9.17, 15) is 0 Å². The van der Waals surface area contributed by atoms with Crippen molar-refractivity contribution < 1.29 is 4.74 Å². The fourth-order valence-corrected chi connectivity index (χ4v) is 2.15. The number of ether oxygens (including phenoxy) is 1. The highest BCUT2D eigenvalue weighted by Gasteiger charge is 2.19. The molecule has 2 unspecified atom stereocenters. The smallest absolute Gasteiger partial charge is 0.121 e. The van der Waals surface area contributed by atoms with Crippen molar-refractivity contribution in [3.05, 3.63) is 53.6 Å². The minimum Gasteiger partial charge on any atom is -0.489 e. The SMILES string of the molecule is CNC(c1cncnc1)C(C)Oc1cccc(Cl)c1. The second kappa shape index (κ2) is 6.50. The molecule has 0 saturated heterocycles. The molecule has 5 heteroatoms. The number of nitrogens with one attached hydrogen (secondary N) is 1. The number of hydrogen-bond donors (Lipinski definition) is 1. The van der Waals surface area contributed by atoms with Gasteiger partial charge in [-0.3, -0.25) is 0 Å². The normalized spacial score (nSPS) is 13.8. The Morgan fingerprint density at radius 1 is 1.26 bits per heavy atom. The first-order valence-electron chi connectivity index (χ1n) is 6.05. The lowest BCUT2D eigenvalue weighted by Crippen LogP contribution is -2.31. The Hall–Kier alpha value is -1.65. The van der Waals surface area contributed by atoms with E-state index in [1.165, 1.54) is 6.33 Å². The predicted octanol–water partition coefficient (Wildman–Crippen LogP) is 2.86. The van der Waals surface area contributed by atoms with Gasteiger partial charge in [0.15, 0.2) is 0 Å². The molecule has 19 heavy (non-hydrogen) atoms. The highest BCUT2D eigenvalue weighted by Crippen LogP contribution is 2.23. The molecule has 100 valence electrons. The number of benzene rings is 1. The Kier molecular flexibility index (Phi) is 4.71. The van der Waals surface area contributed by atoms with Crippen molar-refractivity contribution in [1.82, 2.24) is 15.3 Å². The summed E-state index contributed by atoms with van der Waals surface area (Å²) in [5, 5.41) is 3.88. The monoisotopic (exact) mass is 277 g/mol. The van der Waals surface area contributed by atoms with Crippen LogP contribution in [0.25, 0.3) is 0 Å². The highest BCUT2D eigenvalue weighted by atomic mass is 35.5. The van der Waals surface area contributed by atoms with E-state index in [1.54, 1.807) is 18.5 Å². The second-order valence-electron chi connectivity index (χ2n) is 4.22. The molecule has 0 aliphatic carbocycles. The van der Waals surface area contributed by atoms with E-state index in [0.717, 1.165) is 11.3 Å². The zero-order valence-electron chi connectivity index (χ0n) is 10.9. The lowest BCUT2D eigenvalue weighted by Gasteiger charge is -2.24. The Balaban J connectivity index is 2.11. The van der Waals surface area contributed by atoms with Crippen molar-refractivity contribution in [3.63, 3.8) is 0 Å². The summed E-state index contributed by atoms with van der Waals surface area (Å²) >= 11 is 5.94. The quantitative estimate of drug-likeness (QED) is 0.913. The van der Waals surface area contributed by atoms with Crippen molar-refractivity contribution in [3.8, 4) is 5.75 Å². The molecule has 2 aromatic rings. The van der Waals surface area contributed by atoms with E-state index in [-0.39, 0.29) is 12.1 Å². The summed E-state index contributed by atoms with van der Waals surface area (Å²) < 4.78 is 5.90. The highest BCUT2D eigenvalue weighted by molar-refractivity contribution is 6.30. The van der Waals surface area contributed by atoms with E-state index in [2.05, 4.69) is 15.3 Å². The maximum absolute atomic E-state index is 5.94. The van der Waals surface area contributed by atoms with Gasteiger partial charge in [-0.05, 0) is 32.2 Å². The minimum absolute atomic E-state index is 0.0141. The third-order valence-corrected chi connectivity index (χ3v) is 3.07. The van der Waals surface area contributed by atoms with E-state index < -0.39 is 0 Å². The van der Waals surface area contributed by atoms with Crippen LogP contribution >= 0.6 is 11.6 Å². The molecule has 0 aliphatic heterocycles. The molecule has 0 bridgehead atoms. The molecule has 0 spiro atoms. The number of nitrogens with zero attached hydrogens (tertiary/aromatic N) is 2. The summed E-state index contributed by atoms with van der Waals surface area (Å²) in [7, 11) is 1.88. The van der Waals surface area contributed by atoms with Crippen LogP contribution in [0.1, 0.15) is 18.5 Å². The Morgan fingerprint density at radius 3 is 2.63 bits per heavy atom. The summed E-state index contributed by atoms with van der Waals surface area (Å²) in [6.45, 7) is 2.00. The zero-order valence-corrected chi connectivity index (χ0v) is 11.6. The number of likely N-dealkylation sites (N-methyl/N-ethyl adjacent to an activating group) is 1. The Bertz CT molecular complexity index is 521. The first-order chi connectivity index (χ1) is 9.20. The Labute approximate surface area is 117 Å². The largest absolute Gasteiger partial charge is 0.489 e. The van der Waals surface area contributed by atoms with E-state index in [4.69, 9.17) is 16.3 Å². The minimum atomic E-state index is -0.0746. The van der Waals surface area contributed by atoms with Crippen LogP contribution in [0.15, 0.2) is 43.0 Å². The standard InChI is InChI=1S/C14H16ClN3O/c1-10(19-13-5-3-4-12(15)6-13)14(16-2)11-7-17-9-18-8-11/h3-10,14,16H,1-2H3. The summed E-state index contributed by atoms with van der Waals surface area (Å²) in [5.74, 6) is 0.747. The van der Waals surface area contributed by atoms with Gasteiger partial charge < -0.3 is 10.1 Å². The lowest BCUT2D eigenvalue weighted by atomic mass is 10.1. The molecule has 0 fully saturated rings. The average molecular weight is 278 g/mol. The molecule has 1 N–H and O–H groups in total. The third kappa shape index (κ3) is 3.66. The van der Waals surface area contributed by atoms with Crippen molar-refractivity contribution >= 4 is 11.6 Å². The van der Waals surface area contributed by atoms with E-state index in [0.29, 0.717) is 5.02 Å². The van der Waals surface area contributed by atoms with Crippen LogP contribution in [0.5, 0.6) is 5.75 Å². The summed E-state index contributed by atoms with van der Waals surface area (Å²) in [4.78, 5) is 8.06.